The highest BCUT2D eigenvalue weighted by atomic mass is 35.5. The van der Waals surface area contributed by atoms with Crippen molar-refractivity contribution in [3.63, 3.8) is 0 Å². The highest BCUT2D eigenvalue weighted by Gasteiger charge is 2.33. The number of fused-ring (bicyclic) bond motifs is 1. The number of benzene rings is 2. The molecule has 3 aromatic rings. The van der Waals surface area contributed by atoms with Crippen molar-refractivity contribution in [1.29, 1.82) is 0 Å². The second-order valence-electron chi connectivity index (χ2n) is 5.11. The number of para-hydroxylation sites is 1. The van der Waals surface area contributed by atoms with Crippen molar-refractivity contribution in [3.05, 3.63) is 69.4 Å². The van der Waals surface area contributed by atoms with Gasteiger partial charge in [0.25, 0.3) is 5.69 Å². The first-order chi connectivity index (χ1) is 11.8. The molecule has 0 aliphatic heterocycles. The second kappa shape index (κ2) is 6.21. The number of alkyl halides is 3. The highest BCUT2D eigenvalue weighted by molar-refractivity contribution is 6.32. The van der Waals surface area contributed by atoms with Crippen LogP contribution in [0.3, 0.4) is 0 Å². The number of anilines is 2. The number of rotatable bonds is 3. The van der Waals surface area contributed by atoms with E-state index < -0.39 is 16.7 Å². The molecule has 0 saturated heterocycles. The molecule has 2 aromatic carbocycles. The minimum Gasteiger partial charge on any atom is -0.355 e. The van der Waals surface area contributed by atoms with E-state index in [0.717, 1.165) is 6.07 Å². The lowest BCUT2D eigenvalue weighted by molar-refractivity contribution is -0.384. The number of nitrogens with zero attached hydrogens (tertiary/aromatic N) is 2. The molecule has 0 atom stereocenters. The first-order valence-electron chi connectivity index (χ1n) is 6.93. The molecule has 3 rings (SSSR count). The number of nitrogens with one attached hydrogen (secondary N) is 1. The van der Waals surface area contributed by atoms with Crippen molar-refractivity contribution in [2.24, 2.45) is 0 Å². The summed E-state index contributed by atoms with van der Waals surface area (Å²) >= 11 is 5.76. The van der Waals surface area contributed by atoms with Gasteiger partial charge in [0.1, 0.15) is 5.02 Å². The van der Waals surface area contributed by atoms with Crippen molar-refractivity contribution >= 4 is 39.6 Å². The molecule has 0 saturated carbocycles. The van der Waals surface area contributed by atoms with Gasteiger partial charge in [-0.05, 0) is 24.3 Å². The predicted molar refractivity (Wildman–Crippen MR) is 88.1 cm³/mol. The minimum atomic E-state index is -4.54. The zero-order chi connectivity index (χ0) is 18.2. The molecule has 0 aliphatic rings. The van der Waals surface area contributed by atoms with Crippen molar-refractivity contribution in [2.45, 2.75) is 6.18 Å². The summed E-state index contributed by atoms with van der Waals surface area (Å²) in [5, 5.41) is 14.0. The summed E-state index contributed by atoms with van der Waals surface area (Å²) in [6.45, 7) is 0. The van der Waals surface area contributed by atoms with Gasteiger partial charge < -0.3 is 5.32 Å². The van der Waals surface area contributed by atoms with Gasteiger partial charge in [-0.1, -0.05) is 23.7 Å². The second-order valence-corrected chi connectivity index (χ2v) is 5.51. The van der Waals surface area contributed by atoms with Gasteiger partial charge in [0.2, 0.25) is 0 Å². The zero-order valence-corrected chi connectivity index (χ0v) is 13.1. The average molecular weight is 368 g/mol. The van der Waals surface area contributed by atoms with Crippen LogP contribution in [0.25, 0.3) is 10.9 Å². The Hall–Kier alpha value is -2.87. The van der Waals surface area contributed by atoms with Crippen LogP contribution in [0.15, 0.2) is 48.7 Å². The summed E-state index contributed by atoms with van der Waals surface area (Å²) in [4.78, 5) is 14.1. The molecule has 0 aliphatic carbocycles. The number of pyridine rings is 1. The summed E-state index contributed by atoms with van der Waals surface area (Å²) in [5.74, 6) is 0. The van der Waals surface area contributed by atoms with Gasteiger partial charge >= 0.3 is 6.18 Å². The molecular formula is C16H9ClF3N3O2. The summed E-state index contributed by atoms with van der Waals surface area (Å²) in [6.07, 6.45) is -3.30. The molecule has 1 heterocycles. The molecule has 1 N–H and O–H groups in total. The number of aromatic nitrogens is 1. The standard InChI is InChI=1S/C16H9ClF3N3O2/c17-12-5-4-9(8-14(12)23(24)25)22-13-6-7-21-15-10(13)2-1-3-11(15)16(18,19)20/h1-8H,(H,21,22). The van der Waals surface area contributed by atoms with E-state index in [1.165, 1.54) is 42.6 Å². The van der Waals surface area contributed by atoms with E-state index in [4.69, 9.17) is 11.6 Å². The quantitative estimate of drug-likeness (QED) is 0.486. The van der Waals surface area contributed by atoms with Crippen LogP contribution >= 0.6 is 11.6 Å². The van der Waals surface area contributed by atoms with Crippen LogP contribution in [0.5, 0.6) is 0 Å². The normalized spacial score (nSPS) is 11.5. The Kier molecular flexibility index (Phi) is 4.22. The lowest BCUT2D eigenvalue weighted by Crippen LogP contribution is -2.07. The summed E-state index contributed by atoms with van der Waals surface area (Å²) in [6, 6.07) is 9.26. The van der Waals surface area contributed by atoms with Gasteiger partial charge in [-0.15, -0.1) is 0 Å². The van der Waals surface area contributed by atoms with E-state index in [2.05, 4.69) is 10.3 Å². The Bertz CT molecular complexity index is 976. The Morgan fingerprint density at radius 1 is 1.16 bits per heavy atom. The lowest BCUT2D eigenvalue weighted by atomic mass is 10.1. The smallest absolute Gasteiger partial charge is 0.355 e. The van der Waals surface area contributed by atoms with Crippen LogP contribution in [0, 0.1) is 10.1 Å². The van der Waals surface area contributed by atoms with Crippen LogP contribution < -0.4 is 5.32 Å². The van der Waals surface area contributed by atoms with Gasteiger partial charge in [-0.25, -0.2) is 0 Å². The van der Waals surface area contributed by atoms with Gasteiger partial charge in [0.05, 0.1) is 16.0 Å². The average Bonchev–Trinajstić information content (AvgIpc) is 2.55. The van der Waals surface area contributed by atoms with Crippen molar-refractivity contribution in [3.8, 4) is 0 Å². The topological polar surface area (TPSA) is 68.1 Å². The van der Waals surface area contributed by atoms with E-state index >= 15 is 0 Å². The number of nitro benzene ring substituents is 1. The first kappa shape index (κ1) is 17.0. The molecule has 0 fully saturated rings. The third kappa shape index (κ3) is 3.34. The number of hydrogen-bond acceptors (Lipinski definition) is 4. The van der Waals surface area contributed by atoms with E-state index in [1.54, 1.807) is 0 Å². The molecule has 25 heavy (non-hydrogen) atoms. The molecule has 1 aromatic heterocycles. The third-order valence-corrected chi connectivity index (χ3v) is 3.82. The van der Waals surface area contributed by atoms with Gasteiger partial charge in [-0.3, -0.25) is 15.1 Å². The summed E-state index contributed by atoms with van der Waals surface area (Å²) in [5.41, 5.74) is -0.700. The summed E-state index contributed by atoms with van der Waals surface area (Å²) < 4.78 is 39.3. The monoisotopic (exact) mass is 367 g/mol. The van der Waals surface area contributed by atoms with Gasteiger partial charge in [0, 0.05) is 29.0 Å². The van der Waals surface area contributed by atoms with Crippen molar-refractivity contribution in [2.75, 3.05) is 5.32 Å². The summed E-state index contributed by atoms with van der Waals surface area (Å²) in [7, 11) is 0. The molecule has 5 nitrogen and oxygen atoms in total. The van der Waals surface area contributed by atoms with Gasteiger partial charge in [-0.2, -0.15) is 13.2 Å². The van der Waals surface area contributed by atoms with E-state index in [1.807, 2.05) is 0 Å². The molecule has 128 valence electrons. The molecule has 0 spiro atoms. The number of hydrogen-bond donors (Lipinski definition) is 1. The van der Waals surface area contributed by atoms with E-state index in [0.29, 0.717) is 11.4 Å². The SMILES string of the molecule is O=[N+]([O-])c1cc(Nc2ccnc3c(C(F)(F)F)cccc23)ccc1Cl. The maximum atomic E-state index is 13.1. The minimum absolute atomic E-state index is 0.0329. The maximum absolute atomic E-state index is 13.1. The Balaban J connectivity index is 2.09. The van der Waals surface area contributed by atoms with Crippen molar-refractivity contribution < 1.29 is 18.1 Å². The molecule has 0 bridgehead atoms. The van der Waals surface area contributed by atoms with Crippen LogP contribution in [-0.4, -0.2) is 9.91 Å². The third-order valence-electron chi connectivity index (χ3n) is 3.50. The van der Waals surface area contributed by atoms with Crippen LogP contribution in [0.2, 0.25) is 5.02 Å². The molecular weight excluding hydrogens is 359 g/mol. The fraction of sp³-hybridized carbons (Fsp3) is 0.0625. The Labute approximate surface area is 144 Å². The maximum Gasteiger partial charge on any atom is 0.418 e. The molecule has 0 radical (unpaired) electrons. The van der Waals surface area contributed by atoms with Crippen LogP contribution in [0.4, 0.5) is 30.2 Å². The van der Waals surface area contributed by atoms with Crippen LogP contribution in [0.1, 0.15) is 5.56 Å². The highest BCUT2D eigenvalue weighted by Crippen LogP contribution is 2.37. The molecule has 0 amide bonds. The first-order valence-corrected chi connectivity index (χ1v) is 7.31. The Morgan fingerprint density at radius 2 is 1.92 bits per heavy atom. The van der Waals surface area contributed by atoms with E-state index in [-0.39, 0.29) is 21.6 Å². The zero-order valence-electron chi connectivity index (χ0n) is 12.3. The molecule has 0 unspecified atom stereocenters. The number of halogens is 4. The van der Waals surface area contributed by atoms with Crippen molar-refractivity contribution in [1.82, 2.24) is 4.98 Å². The Morgan fingerprint density at radius 3 is 2.60 bits per heavy atom. The fourth-order valence-electron chi connectivity index (χ4n) is 2.40. The lowest BCUT2D eigenvalue weighted by Gasteiger charge is -2.13. The van der Waals surface area contributed by atoms with Crippen LogP contribution in [-0.2, 0) is 6.18 Å². The fourth-order valence-corrected chi connectivity index (χ4v) is 2.59. The predicted octanol–water partition coefficient (Wildman–Crippen LogP) is 5.56. The largest absolute Gasteiger partial charge is 0.418 e. The molecule has 9 heteroatoms. The van der Waals surface area contributed by atoms with E-state index in [9.17, 15) is 23.3 Å². The number of nitro groups is 1. The van der Waals surface area contributed by atoms with Gasteiger partial charge in [0.15, 0.2) is 0 Å².